The average molecular weight is 390 g/mol. The SMILES string of the molecule is COc1ccc(Br)cc1/C=C/C(=O)Nc1cc(C(=O)O)ccc1C. The Bertz CT molecular complexity index is 815. The van der Waals surface area contributed by atoms with Crippen molar-refractivity contribution in [3.05, 3.63) is 63.6 Å². The summed E-state index contributed by atoms with van der Waals surface area (Å²) in [5, 5.41) is 11.7. The second-order valence-corrected chi connectivity index (χ2v) is 5.96. The lowest BCUT2D eigenvalue weighted by Crippen LogP contribution is -2.10. The van der Waals surface area contributed by atoms with E-state index in [1.165, 1.54) is 18.2 Å². The Balaban J connectivity index is 2.18. The maximum absolute atomic E-state index is 12.1. The summed E-state index contributed by atoms with van der Waals surface area (Å²) in [4.78, 5) is 23.1. The summed E-state index contributed by atoms with van der Waals surface area (Å²) >= 11 is 3.37. The summed E-state index contributed by atoms with van der Waals surface area (Å²) in [6.07, 6.45) is 3.01. The molecule has 0 fully saturated rings. The Labute approximate surface area is 148 Å². The molecule has 0 radical (unpaired) electrons. The van der Waals surface area contributed by atoms with E-state index in [0.717, 1.165) is 15.6 Å². The van der Waals surface area contributed by atoms with Crippen molar-refractivity contribution < 1.29 is 19.4 Å². The van der Waals surface area contributed by atoms with E-state index < -0.39 is 5.97 Å². The zero-order valence-electron chi connectivity index (χ0n) is 13.2. The van der Waals surface area contributed by atoms with Gasteiger partial charge in [-0.3, -0.25) is 4.79 Å². The lowest BCUT2D eigenvalue weighted by atomic mass is 10.1. The van der Waals surface area contributed by atoms with E-state index in [4.69, 9.17) is 9.84 Å². The highest BCUT2D eigenvalue weighted by atomic mass is 79.9. The van der Waals surface area contributed by atoms with Crippen LogP contribution in [0.4, 0.5) is 5.69 Å². The third kappa shape index (κ3) is 4.45. The number of carboxylic acids is 1. The average Bonchev–Trinajstić information content (AvgIpc) is 2.55. The van der Waals surface area contributed by atoms with Crippen LogP contribution < -0.4 is 10.1 Å². The summed E-state index contributed by atoms with van der Waals surface area (Å²) in [6, 6.07) is 10.1. The van der Waals surface area contributed by atoms with Gasteiger partial charge in [-0.05, 0) is 48.9 Å². The van der Waals surface area contributed by atoms with Gasteiger partial charge in [0.1, 0.15) is 5.75 Å². The maximum atomic E-state index is 12.1. The van der Waals surface area contributed by atoms with Gasteiger partial charge >= 0.3 is 5.97 Å². The van der Waals surface area contributed by atoms with Gasteiger partial charge in [0, 0.05) is 21.8 Å². The standard InChI is InChI=1S/C18H16BrNO4/c1-11-3-4-13(18(22)23)10-15(11)20-17(21)8-5-12-9-14(19)6-7-16(12)24-2/h3-10H,1-2H3,(H,20,21)(H,22,23)/b8-5+. The van der Waals surface area contributed by atoms with Crippen LogP contribution in [0.25, 0.3) is 6.08 Å². The molecule has 0 unspecified atom stereocenters. The van der Waals surface area contributed by atoms with Crippen molar-refractivity contribution in [1.29, 1.82) is 0 Å². The molecule has 2 aromatic rings. The van der Waals surface area contributed by atoms with Crippen LogP contribution in [-0.2, 0) is 4.79 Å². The first-order valence-corrected chi connectivity index (χ1v) is 7.86. The number of amides is 1. The molecule has 2 rings (SSSR count). The third-order valence-corrected chi connectivity index (χ3v) is 3.84. The fourth-order valence-electron chi connectivity index (χ4n) is 2.07. The van der Waals surface area contributed by atoms with Crippen LogP contribution in [0.1, 0.15) is 21.5 Å². The predicted octanol–water partition coefficient (Wildman–Crippen LogP) is 4.12. The number of rotatable bonds is 5. The minimum absolute atomic E-state index is 0.119. The number of carboxylic acid groups (broad SMARTS) is 1. The number of benzene rings is 2. The second kappa shape index (κ2) is 7.79. The van der Waals surface area contributed by atoms with Crippen molar-refractivity contribution in [1.82, 2.24) is 0 Å². The Morgan fingerprint density at radius 2 is 1.96 bits per heavy atom. The molecule has 0 aliphatic carbocycles. The molecule has 2 aromatic carbocycles. The molecule has 2 N–H and O–H groups in total. The van der Waals surface area contributed by atoms with E-state index in [2.05, 4.69) is 21.2 Å². The summed E-state index contributed by atoms with van der Waals surface area (Å²) in [5.41, 5.74) is 2.11. The van der Waals surface area contributed by atoms with E-state index in [9.17, 15) is 9.59 Å². The van der Waals surface area contributed by atoms with Crippen molar-refractivity contribution in [3.63, 3.8) is 0 Å². The van der Waals surface area contributed by atoms with Crippen molar-refractivity contribution in [3.8, 4) is 5.75 Å². The number of ether oxygens (including phenoxy) is 1. The smallest absolute Gasteiger partial charge is 0.335 e. The van der Waals surface area contributed by atoms with E-state index in [1.54, 1.807) is 32.2 Å². The zero-order valence-corrected chi connectivity index (χ0v) is 14.8. The molecule has 6 heteroatoms. The molecule has 0 aliphatic rings. The summed E-state index contributed by atoms with van der Waals surface area (Å²) in [5.74, 6) is -0.756. The number of anilines is 1. The van der Waals surface area contributed by atoms with Crippen molar-refractivity contribution >= 4 is 39.6 Å². The number of hydrogen-bond donors (Lipinski definition) is 2. The summed E-state index contributed by atoms with van der Waals surface area (Å²) < 4.78 is 6.11. The molecule has 0 saturated heterocycles. The van der Waals surface area contributed by atoms with Gasteiger partial charge in [-0.25, -0.2) is 4.79 Å². The fraction of sp³-hybridized carbons (Fsp3) is 0.111. The molecular formula is C18H16BrNO4. The van der Waals surface area contributed by atoms with Gasteiger partial charge in [-0.1, -0.05) is 22.0 Å². The lowest BCUT2D eigenvalue weighted by molar-refractivity contribution is -0.111. The van der Waals surface area contributed by atoms with E-state index >= 15 is 0 Å². The van der Waals surface area contributed by atoms with Crippen LogP contribution in [0.15, 0.2) is 46.9 Å². The summed E-state index contributed by atoms with van der Waals surface area (Å²) in [6.45, 7) is 1.79. The lowest BCUT2D eigenvalue weighted by Gasteiger charge is -2.08. The predicted molar refractivity (Wildman–Crippen MR) is 96.5 cm³/mol. The minimum atomic E-state index is -1.04. The van der Waals surface area contributed by atoms with Crippen molar-refractivity contribution in [2.75, 3.05) is 12.4 Å². The van der Waals surface area contributed by atoms with Gasteiger partial charge in [-0.2, -0.15) is 0 Å². The van der Waals surface area contributed by atoms with E-state index in [0.29, 0.717) is 11.4 Å². The van der Waals surface area contributed by atoms with E-state index in [-0.39, 0.29) is 11.5 Å². The number of methoxy groups -OCH3 is 1. The Morgan fingerprint density at radius 3 is 2.62 bits per heavy atom. The first kappa shape index (κ1) is 17.7. The second-order valence-electron chi connectivity index (χ2n) is 5.04. The topological polar surface area (TPSA) is 75.6 Å². The van der Waals surface area contributed by atoms with Crippen LogP contribution in [0.3, 0.4) is 0 Å². The van der Waals surface area contributed by atoms with Gasteiger partial charge < -0.3 is 15.2 Å². The van der Waals surface area contributed by atoms with Crippen LogP contribution in [0.5, 0.6) is 5.75 Å². The highest BCUT2D eigenvalue weighted by molar-refractivity contribution is 9.10. The number of aryl methyl sites for hydroxylation is 1. The number of carbonyl (C=O) groups is 2. The van der Waals surface area contributed by atoms with Gasteiger partial charge in [0.15, 0.2) is 0 Å². The van der Waals surface area contributed by atoms with Crippen LogP contribution >= 0.6 is 15.9 Å². The van der Waals surface area contributed by atoms with Crippen molar-refractivity contribution in [2.45, 2.75) is 6.92 Å². The largest absolute Gasteiger partial charge is 0.496 e. The molecule has 0 spiro atoms. The number of hydrogen-bond acceptors (Lipinski definition) is 3. The van der Waals surface area contributed by atoms with Crippen molar-refractivity contribution in [2.24, 2.45) is 0 Å². The monoisotopic (exact) mass is 389 g/mol. The molecular weight excluding hydrogens is 374 g/mol. The third-order valence-electron chi connectivity index (χ3n) is 3.35. The Hall–Kier alpha value is -2.60. The van der Waals surface area contributed by atoms with Gasteiger partial charge in [0.25, 0.3) is 0 Å². The number of aromatic carboxylic acids is 1. The van der Waals surface area contributed by atoms with Gasteiger partial charge in [-0.15, -0.1) is 0 Å². The zero-order chi connectivity index (χ0) is 17.7. The van der Waals surface area contributed by atoms with Crippen LogP contribution in [0, 0.1) is 6.92 Å². The van der Waals surface area contributed by atoms with Gasteiger partial charge in [0.2, 0.25) is 5.91 Å². The van der Waals surface area contributed by atoms with E-state index in [1.807, 2.05) is 12.1 Å². The molecule has 0 bridgehead atoms. The first-order valence-electron chi connectivity index (χ1n) is 7.07. The summed E-state index contributed by atoms with van der Waals surface area (Å²) in [7, 11) is 1.56. The quantitative estimate of drug-likeness (QED) is 0.754. The highest BCUT2D eigenvalue weighted by Gasteiger charge is 2.08. The van der Waals surface area contributed by atoms with Crippen LogP contribution in [0.2, 0.25) is 0 Å². The van der Waals surface area contributed by atoms with Gasteiger partial charge in [0.05, 0.1) is 12.7 Å². The molecule has 1 amide bonds. The molecule has 24 heavy (non-hydrogen) atoms. The molecule has 5 nitrogen and oxygen atoms in total. The molecule has 0 heterocycles. The highest BCUT2D eigenvalue weighted by Crippen LogP contribution is 2.24. The normalized spacial score (nSPS) is 10.6. The first-order chi connectivity index (χ1) is 11.4. The molecule has 124 valence electrons. The number of carbonyl (C=O) groups excluding carboxylic acids is 1. The van der Waals surface area contributed by atoms with Crippen LogP contribution in [-0.4, -0.2) is 24.1 Å². The molecule has 0 saturated carbocycles. The number of nitrogens with one attached hydrogen (secondary N) is 1. The molecule has 0 aromatic heterocycles. The number of halogens is 1. The maximum Gasteiger partial charge on any atom is 0.335 e. The molecule has 0 aliphatic heterocycles. The minimum Gasteiger partial charge on any atom is -0.496 e. The Kier molecular flexibility index (Phi) is 5.76. The molecule has 0 atom stereocenters. The fourth-order valence-corrected chi connectivity index (χ4v) is 2.44. The Morgan fingerprint density at radius 1 is 1.21 bits per heavy atom.